The van der Waals surface area contributed by atoms with E-state index in [2.05, 4.69) is 11.5 Å². The van der Waals surface area contributed by atoms with Crippen molar-refractivity contribution in [1.29, 1.82) is 0 Å². The SMILES string of the molecule is Cc1ccc(C)c(CC(NN)C(C)S(C)(=O)=O)c1. The van der Waals surface area contributed by atoms with E-state index in [1.165, 1.54) is 11.8 Å². The average molecular weight is 270 g/mol. The molecule has 0 spiro atoms. The fraction of sp³-hybridized carbons (Fsp3) is 0.538. The lowest BCUT2D eigenvalue weighted by atomic mass is 9.98. The first-order valence-electron chi connectivity index (χ1n) is 5.97. The van der Waals surface area contributed by atoms with Crippen LogP contribution in [0.5, 0.6) is 0 Å². The Labute approximate surface area is 109 Å². The zero-order valence-corrected chi connectivity index (χ0v) is 12.2. The van der Waals surface area contributed by atoms with Gasteiger partial charge in [-0.15, -0.1) is 0 Å². The molecule has 102 valence electrons. The lowest BCUT2D eigenvalue weighted by Crippen LogP contribution is -2.47. The highest BCUT2D eigenvalue weighted by Crippen LogP contribution is 2.16. The maximum absolute atomic E-state index is 11.6. The Morgan fingerprint density at radius 3 is 2.44 bits per heavy atom. The lowest BCUT2D eigenvalue weighted by Gasteiger charge is -2.22. The predicted octanol–water partition coefficient (Wildman–Crippen LogP) is 1.11. The molecule has 0 radical (unpaired) electrons. The fourth-order valence-corrected chi connectivity index (χ4v) is 2.69. The van der Waals surface area contributed by atoms with Gasteiger partial charge in [-0.3, -0.25) is 11.3 Å². The smallest absolute Gasteiger partial charge is 0.151 e. The summed E-state index contributed by atoms with van der Waals surface area (Å²) in [7, 11) is -3.10. The van der Waals surface area contributed by atoms with Crippen LogP contribution in [0.25, 0.3) is 0 Å². The summed E-state index contributed by atoms with van der Waals surface area (Å²) in [5.74, 6) is 5.49. The van der Waals surface area contributed by atoms with E-state index in [1.807, 2.05) is 26.0 Å². The maximum Gasteiger partial charge on any atom is 0.151 e. The monoisotopic (exact) mass is 270 g/mol. The van der Waals surface area contributed by atoms with Gasteiger partial charge in [-0.1, -0.05) is 23.8 Å². The van der Waals surface area contributed by atoms with Crippen LogP contribution >= 0.6 is 0 Å². The topological polar surface area (TPSA) is 72.2 Å². The summed E-state index contributed by atoms with van der Waals surface area (Å²) in [5, 5.41) is -0.512. The molecule has 18 heavy (non-hydrogen) atoms. The number of benzene rings is 1. The van der Waals surface area contributed by atoms with Crippen LogP contribution in [0, 0.1) is 13.8 Å². The van der Waals surface area contributed by atoms with E-state index in [4.69, 9.17) is 5.84 Å². The van der Waals surface area contributed by atoms with Crippen LogP contribution in [0.15, 0.2) is 18.2 Å². The normalized spacial score (nSPS) is 15.4. The number of hydrogen-bond donors (Lipinski definition) is 2. The minimum atomic E-state index is -3.10. The molecule has 4 nitrogen and oxygen atoms in total. The van der Waals surface area contributed by atoms with Crippen LogP contribution < -0.4 is 11.3 Å². The molecule has 0 amide bonds. The van der Waals surface area contributed by atoms with E-state index in [0.717, 1.165) is 11.1 Å². The third-order valence-corrected chi connectivity index (χ3v) is 5.08. The Bertz CT molecular complexity index is 512. The lowest BCUT2D eigenvalue weighted by molar-refractivity contribution is 0.493. The van der Waals surface area contributed by atoms with Crippen LogP contribution in [0.4, 0.5) is 0 Å². The molecular formula is C13H22N2O2S. The Balaban J connectivity index is 2.96. The summed E-state index contributed by atoms with van der Waals surface area (Å²) in [6.07, 6.45) is 1.85. The van der Waals surface area contributed by atoms with Crippen LogP contribution in [0.2, 0.25) is 0 Å². The van der Waals surface area contributed by atoms with E-state index in [9.17, 15) is 8.42 Å². The molecule has 5 heteroatoms. The molecule has 0 aliphatic carbocycles. The number of rotatable bonds is 5. The molecule has 0 bridgehead atoms. The summed E-state index contributed by atoms with van der Waals surface area (Å²) in [4.78, 5) is 0. The second kappa shape index (κ2) is 5.82. The number of nitrogens with one attached hydrogen (secondary N) is 1. The Hall–Kier alpha value is -0.910. The van der Waals surface area contributed by atoms with Crippen molar-refractivity contribution in [1.82, 2.24) is 5.43 Å². The third-order valence-electron chi connectivity index (χ3n) is 3.40. The van der Waals surface area contributed by atoms with Gasteiger partial charge in [0.1, 0.15) is 0 Å². The maximum atomic E-state index is 11.6. The Morgan fingerprint density at radius 1 is 1.33 bits per heavy atom. The van der Waals surface area contributed by atoms with Gasteiger partial charge in [0.05, 0.1) is 5.25 Å². The first kappa shape index (κ1) is 15.1. The van der Waals surface area contributed by atoms with Crippen LogP contribution in [-0.2, 0) is 16.3 Å². The van der Waals surface area contributed by atoms with Gasteiger partial charge in [0, 0.05) is 12.3 Å². The molecule has 1 rings (SSSR count). The molecule has 0 aliphatic rings. The van der Waals surface area contributed by atoms with Crippen LogP contribution in [-0.4, -0.2) is 26.0 Å². The quantitative estimate of drug-likeness (QED) is 0.621. The van der Waals surface area contributed by atoms with Crippen molar-refractivity contribution in [3.05, 3.63) is 34.9 Å². The van der Waals surface area contributed by atoms with Crippen molar-refractivity contribution >= 4 is 9.84 Å². The van der Waals surface area contributed by atoms with Crippen LogP contribution in [0.1, 0.15) is 23.6 Å². The van der Waals surface area contributed by atoms with E-state index < -0.39 is 15.1 Å². The van der Waals surface area contributed by atoms with E-state index in [-0.39, 0.29) is 6.04 Å². The van der Waals surface area contributed by atoms with Gasteiger partial charge in [-0.05, 0) is 38.3 Å². The molecule has 3 N–H and O–H groups in total. The fourth-order valence-electron chi connectivity index (χ4n) is 1.92. The molecule has 0 heterocycles. The first-order valence-corrected chi connectivity index (χ1v) is 7.92. The molecule has 0 aliphatic heterocycles. The first-order chi connectivity index (χ1) is 8.25. The molecular weight excluding hydrogens is 248 g/mol. The number of nitrogens with two attached hydrogens (primary N) is 1. The molecule has 2 atom stereocenters. The van der Waals surface area contributed by atoms with Gasteiger partial charge < -0.3 is 0 Å². The van der Waals surface area contributed by atoms with E-state index >= 15 is 0 Å². The van der Waals surface area contributed by atoms with Gasteiger partial charge in [0.15, 0.2) is 9.84 Å². The van der Waals surface area contributed by atoms with Gasteiger partial charge in [0.25, 0.3) is 0 Å². The molecule has 0 aromatic heterocycles. The second-order valence-corrected chi connectivity index (χ2v) is 7.34. The van der Waals surface area contributed by atoms with Gasteiger partial charge in [0.2, 0.25) is 0 Å². The highest BCUT2D eigenvalue weighted by atomic mass is 32.2. The Morgan fingerprint density at radius 2 is 1.94 bits per heavy atom. The molecule has 1 aromatic carbocycles. The molecule has 1 aromatic rings. The predicted molar refractivity (Wildman–Crippen MR) is 75.0 cm³/mol. The summed E-state index contributed by atoms with van der Waals surface area (Å²) >= 11 is 0. The number of sulfone groups is 1. The summed E-state index contributed by atoms with van der Waals surface area (Å²) in [6.45, 7) is 5.73. The zero-order chi connectivity index (χ0) is 13.9. The number of hydrazine groups is 1. The molecule has 0 saturated heterocycles. The Kier molecular flexibility index (Phi) is 4.90. The minimum Gasteiger partial charge on any atom is -0.271 e. The van der Waals surface area contributed by atoms with E-state index in [1.54, 1.807) is 6.92 Å². The van der Waals surface area contributed by atoms with Crippen molar-refractivity contribution in [3.63, 3.8) is 0 Å². The number of aryl methyl sites for hydroxylation is 2. The third kappa shape index (κ3) is 3.80. The van der Waals surface area contributed by atoms with Crippen molar-refractivity contribution < 1.29 is 8.42 Å². The van der Waals surface area contributed by atoms with Gasteiger partial charge in [-0.2, -0.15) is 0 Å². The van der Waals surface area contributed by atoms with Crippen molar-refractivity contribution in [3.8, 4) is 0 Å². The van der Waals surface area contributed by atoms with Gasteiger partial charge >= 0.3 is 0 Å². The summed E-state index contributed by atoms with van der Waals surface area (Å²) < 4.78 is 23.2. The van der Waals surface area contributed by atoms with Crippen LogP contribution in [0.3, 0.4) is 0 Å². The van der Waals surface area contributed by atoms with Crippen molar-refractivity contribution in [2.45, 2.75) is 38.5 Å². The average Bonchev–Trinajstić information content (AvgIpc) is 2.28. The summed E-state index contributed by atoms with van der Waals surface area (Å²) in [5.41, 5.74) is 6.08. The highest BCUT2D eigenvalue weighted by molar-refractivity contribution is 7.91. The zero-order valence-electron chi connectivity index (χ0n) is 11.4. The molecule has 0 saturated carbocycles. The highest BCUT2D eigenvalue weighted by Gasteiger charge is 2.25. The summed E-state index contributed by atoms with van der Waals surface area (Å²) in [6, 6.07) is 5.89. The molecule has 2 unspecified atom stereocenters. The second-order valence-electron chi connectivity index (χ2n) is 4.94. The number of hydrogen-bond acceptors (Lipinski definition) is 4. The largest absolute Gasteiger partial charge is 0.271 e. The van der Waals surface area contributed by atoms with Crippen molar-refractivity contribution in [2.75, 3.05) is 6.26 Å². The van der Waals surface area contributed by atoms with Gasteiger partial charge in [-0.25, -0.2) is 8.42 Å². The minimum absolute atomic E-state index is 0.277. The van der Waals surface area contributed by atoms with E-state index in [0.29, 0.717) is 6.42 Å². The molecule has 0 fully saturated rings. The standard InChI is InChI=1S/C13H22N2O2S/c1-9-5-6-10(2)12(7-9)8-13(15-14)11(3)18(4,16)17/h5-7,11,13,15H,8,14H2,1-4H3. The van der Waals surface area contributed by atoms with Crippen molar-refractivity contribution in [2.24, 2.45) is 5.84 Å².